The Morgan fingerprint density at radius 3 is 2.60 bits per heavy atom. The monoisotopic (exact) mass is 267 g/mol. The van der Waals surface area contributed by atoms with Crippen molar-refractivity contribution in [2.45, 2.75) is 25.7 Å². The van der Waals surface area contributed by atoms with E-state index in [9.17, 15) is 0 Å². The van der Waals surface area contributed by atoms with Crippen LogP contribution in [0.4, 0.5) is 0 Å². The Morgan fingerprint density at radius 2 is 1.85 bits per heavy atom. The van der Waals surface area contributed by atoms with Crippen LogP contribution in [0.1, 0.15) is 35.1 Å². The summed E-state index contributed by atoms with van der Waals surface area (Å²) in [6.07, 6.45) is 2.01. The second-order valence-corrected chi connectivity index (χ2v) is 5.60. The molecule has 104 valence electrons. The van der Waals surface area contributed by atoms with Crippen molar-refractivity contribution in [2.75, 3.05) is 13.2 Å². The molecule has 0 amide bonds. The van der Waals surface area contributed by atoms with Gasteiger partial charge in [0, 0.05) is 6.42 Å². The third-order valence-electron chi connectivity index (χ3n) is 4.06. The smallest absolute Gasteiger partial charge is 0.122 e. The average Bonchev–Trinajstić information content (AvgIpc) is 2.95. The molecule has 1 atom stereocenters. The Bertz CT molecular complexity index is 589. The fourth-order valence-corrected chi connectivity index (χ4v) is 2.69. The van der Waals surface area contributed by atoms with Crippen molar-refractivity contribution < 1.29 is 4.74 Å². The van der Waals surface area contributed by atoms with Gasteiger partial charge in [0.05, 0.1) is 6.61 Å². The second kappa shape index (κ2) is 5.68. The molecule has 2 aromatic rings. The molecule has 0 fully saturated rings. The van der Waals surface area contributed by atoms with Gasteiger partial charge in [0.2, 0.25) is 0 Å². The summed E-state index contributed by atoms with van der Waals surface area (Å²) in [5.41, 5.74) is 11.1. The number of benzene rings is 2. The van der Waals surface area contributed by atoms with E-state index < -0.39 is 0 Å². The maximum atomic E-state index is 5.71. The molecule has 0 spiro atoms. The number of hydrogen-bond acceptors (Lipinski definition) is 2. The summed E-state index contributed by atoms with van der Waals surface area (Å²) in [5.74, 6) is 1.49. The van der Waals surface area contributed by atoms with Crippen LogP contribution in [0.5, 0.6) is 5.75 Å². The van der Waals surface area contributed by atoms with Crippen LogP contribution in [0.15, 0.2) is 42.5 Å². The van der Waals surface area contributed by atoms with Crippen LogP contribution >= 0.6 is 0 Å². The van der Waals surface area contributed by atoms with Gasteiger partial charge < -0.3 is 10.5 Å². The van der Waals surface area contributed by atoms with E-state index in [-0.39, 0.29) is 0 Å². The summed E-state index contributed by atoms with van der Waals surface area (Å²) in [7, 11) is 0. The molecule has 1 heterocycles. The summed E-state index contributed by atoms with van der Waals surface area (Å²) in [4.78, 5) is 0. The number of hydrogen-bond donors (Lipinski definition) is 1. The maximum Gasteiger partial charge on any atom is 0.122 e. The van der Waals surface area contributed by atoms with Crippen LogP contribution in [0.3, 0.4) is 0 Å². The highest BCUT2D eigenvalue weighted by Crippen LogP contribution is 2.27. The van der Waals surface area contributed by atoms with Gasteiger partial charge >= 0.3 is 0 Å². The lowest BCUT2D eigenvalue weighted by Gasteiger charge is -2.10. The molecule has 1 aliphatic heterocycles. The first kappa shape index (κ1) is 13.2. The number of nitrogens with two attached hydrogens (primary N) is 1. The van der Waals surface area contributed by atoms with Gasteiger partial charge in [-0.05, 0) is 47.2 Å². The first-order chi connectivity index (χ1) is 9.76. The number of ether oxygens (including phenoxy) is 1. The predicted molar refractivity (Wildman–Crippen MR) is 82.4 cm³/mol. The predicted octanol–water partition coefficient (Wildman–Crippen LogP) is 3.27. The maximum absolute atomic E-state index is 5.71. The minimum absolute atomic E-state index is 0.432. The fraction of sp³-hybridized carbons (Fsp3) is 0.333. The van der Waals surface area contributed by atoms with Crippen LogP contribution in [0.25, 0.3) is 0 Å². The van der Waals surface area contributed by atoms with Gasteiger partial charge in [-0.1, -0.05) is 43.3 Å². The van der Waals surface area contributed by atoms with E-state index in [1.165, 1.54) is 22.3 Å². The highest BCUT2D eigenvalue weighted by atomic mass is 16.5. The van der Waals surface area contributed by atoms with Gasteiger partial charge in [-0.3, -0.25) is 0 Å². The molecule has 0 aromatic heterocycles. The Hall–Kier alpha value is -1.80. The van der Waals surface area contributed by atoms with Gasteiger partial charge in [-0.25, -0.2) is 0 Å². The van der Waals surface area contributed by atoms with Crippen LogP contribution in [-0.2, 0) is 12.8 Å². The summed E-state index contributed by atoms with van der Waals surface area (Å²) >= 11 is 0. The van der Waals surface area contributed by atoms with E-state index >= 15 is 0 Å². The van der Waals surface area contributed by atoms with Crippen molar-refractivity contribution >= 4 is 0 Å². The standard InChI is InChI=1S/C18H21NO/c1-13(12-19)16-5-2-14(3-6-16)10-15-4-7-18-17(11-15)8-9-20-18/h2-7,11,13H,8-10,12,19H2,1H3. The van der Waals surface area contributed by atoms with Gasteiger partial charge in [0.25, 0.3) is 0 Å². The molecule has 3 rings (SSSR count). The third kappa shape index (κ3) is 2.70. The van der Waals surface area contributed by atoms with Crippen molar-refractivity contribution in [1.82, 2.24) is 0 Å². The molecular formula is C18H21NO. The number of fused-ring (bicyclic) bond motifs is 1. The molecule has 0 radical (unpaired) electrons. The average molecular weight is 267 g/mol. The molecule has 0 saturated carbocycles. The van der Waals surface area contributed by atoms with Crippen molar-refractivity contribution in [2.24, 2.45) is 5.73 Å². The zero-order chi connectivity index (χ0) is 13.9. The van der Waals surface area contributed by atoms with Gasteiger partial charge in [0.1, 0.15) is 5.75 Å². The molecule has 1 aliphatic rings. The lowest BCUT2D eigenvalue weighted by Crippen LogP contribution is -2.08. The molecule has 2 nitrogen and oxygen atoms in total. The van der Waals surface area contributed by atoms with Crippen LogP contribution in [0.2, 0.25) is 0 Å². The number of rotatable bonds is 4. The summed E-state index contributed by atoms with van der Waals surface area (Å²) in [5, 5.41) is 0. The molecule has 20 heavy (non-hydrogen) atoms. The highest BCUT2D eigenvalue weighted by molar-refractivity contribution is 5.41. The Balaban J connectivity index is 1.74. The lowest BCUT2D eigenvalue weighted by molar-refractivity contribution is 0.357. The van der Waals surface area contributed by atoms with Gasteiger partial charge in [-0.2, -0.15) is 0 Å². The minimum atomic E-state index is 0.432. The lowest BCUT2D eigenvalue weighted by atomic mass is 9.97. The third-order valence-corrected chi connectivity index (χ3v) is 4.06. The molecule has 2 heteroatoms. The van der Waals surface area contributed by atoms with Gasteiger partial charge in [-0.15, -0.1) is 0 Å². The summed E-state index contributed by atoms with van der Waals surface area (Å²) in [6, 6.07) is 15.4. The Morgan fingerprint density at radius 1 is 1.10 bits per heavy atom. The molecule has 1 unspecified atom stereocenters. The van der Waals surface area contributed by atoms with Crippen molar-refractivity contribution in [3.8, 4) is 5.75 Å². The zero-order valence-electron chi connectivity index (χ0n) is 11.9. The Kier molecular flexibility index (Phi) is 3.75. The van der Waals surface area contributed by atoms with E-state index in [2.05, 4.69) is 49.4 Å². The topological polar surface area (TPSA) is 35.2 Å². The van der Waals surface area contributed by atoms with Crippen molar-refractivity contribution in [1.29, 1.82) is 0 Å². The molecule has 0 saturated heterocycles. The largest absolute Gasteiger partial charge is 0.493 e. The Labute approximate surface area is 120 Å². The fourth-order valence-electron chi connectivity index (χ4n) is 2.69. The first-order valence-corrected chi connectivity index (χ1v) is 7.30. The minimum Gasteiger partial charge on any atom is -0.493 e. The highest BCUT2D eigenvalue weighted by Gasteiger charge is 2.12. The molecular weight excluding hydrogens is 246 g/mol. The van der Waals surface area contributed by atoms with Crippen LogP contribution in [0, 0.1) is 0 Å². The van der Waals surface area contributed by atoms with Crippen molar-refractivity contribution in [3.63, 3.8) is 0 Å². The van der Waals surface area contributed by atoms with E-state index in [4.69, 9.17) is 10.5 Å². The van der Waals surface area contributed by atoms with E-state index in [0.717, 1.165) is 25.2 Å². The zero-order valence-corrected chi connectivity index (χ0v) is 11.9. The molecule has 2 aromatic carbocycles. The van der Waals surface area contributed by atoms with Crippen molar-refractivity contribution in [3.05, 3.63) is 64.7 Å². The normalized spacial score (nSPS) is 14.7. The molecule has 2 N–H and O–H groups in total. The van der Waals surface area contributed by atoms with E-state index in [1.807, 2.05) is 0 Å². The quantitative estimate of drug-likeness (QED) is 0.922. The molecule has 0 bridgehead atoms. The van der Waals surface area contributed by atoms with Gasteiger partial charge in [0.15, 0.2) is 0 Å². The first-order valence-electron chi connectivity index (χ1n) is 7.30. The summed E-state index contributed by atoms with van der Waals surface area (Å²) < 4.78 is 5.55. The summed E-state index contributed by atoms with van der Waals surface area (Å²) in [6.45, 7) is 3.68. The molecule has 0 aliphatic carbocycles. The van der Waals surface area contributed by atoms with Crippen LogP contribution < -0.4 is 10.5 Å². The van der Waals surface area contributed by atoms with Crippen LogP contribution in [-0.4, -0.2) is 13.2 Å². The van der Waals surface area contributed by atoms with E-state index in [1.54, 1.807) is 0 Å². The van der Waals surface area contributed by atoms with E-state index in [0.29, 0.717) is 12.5 Å². The SMILES string of the molecule is CC(CN)c1ccc(Cc2ccc3c(c2)CCO3)cc1. The second-order valence-electron chi connectivity index (χ2n) is 5.60.